The van der Waals surface area contributed by atoms with Crippen molar-refractivity contribution >= 4 is 29.0 Å². The molecule has 112 valence electrons. The van der Waals surface area contributed by atoms with Crippen molar-refractivity contribution < 1.29 is 9.53 Å². The lowest BCUT2D eigenvalue weighted by molar-refractivity contribution is 0.0465. The minimum atomic E-state index is -0.449. The number of rotatable bonds is 4. The molecule has 20 heavy (non-hydrogen) atoms. The second-order valence-corrected chi connectivity index (χ2v) is 7.70. The zero-order chi connectivity index (χ0) is 14.8. The maximum atomic E-state index is 11.6. The highest BCUT2D eigenvalue weighted by Crippen LogP contribution is 2.23. The van der Waals surface area contributed by atoms with E-state index in [4.69, 9.17) is 16.3 Å². The average molecular weight is 318 g/mol. The highest BCUT2D eigenvalue weighted by molar-refractivity contribution is 7.15. The van der Waals surface area contributed by atoms with Crippen LogP contribution >= 0.6 is 22.9 Å². The standard InChI is InChI=1S/C13H20ClN3O2S/c1-13(2,3)19-12(18)17-9-4-8(5-9)15-7-11-16-6-10(14)20-11/h6,8-9,15H,4-5,7H2,1-3H3,(H,17,18). The number of carbonyl (C=O) groups is 1. The summed E-state index contributed by atoms with van der Waals surface area (Å²) in [5.74, 6) is 0. The van der Waals surface area contributed by atoms with E-state index < -0.39 is 5.60 Å². The number of ether oxygens (including phenoxy) is 1. The molecule has 1 aliphatic carbocycles. The van der Waals surface area contributed by atoms with Crippen LogP contribution in [-0.2, 0) is 11.3 Å². The Balaban J connectivity index is 1.61. The molecule has 1 saturated carbocycles. The van der Waals surface area contributed by atoms with Crippen LogP contribution in [0.4, 0.5) is 4.79 Å². The molecule has 5 nitrogen and oxygen atoms in total. The van der Waals surface area contributed by atoms with E-state index in [-0.39, 0.29) is 12.1 Å². The van der Waals surface area contributed by atoms with E-state index in [1.807, 2.05) is 20.8 Å². The minimum absolute atomic E-state index is 0.197. The molecule has 2 rings (SSSR count). The van der Waals surface area contributed by atoms with Crippen molar-refractivity contribution in [1.29, 1.82) is 0 Å². The first-order valence-electron chi connectivity index (χ1n) is 6.65. The van der Waals surface area contributed by atoms with Crippen LogP contribution in [0.2, 0.25) is 4.34 Å². The zero-order valence-corrected chi connectivity index (χ0v) is 13.5. The van der Waals surface area contributed by atoms with Gasteiger partial charge < -0.3 is 15.4 Å². The first kappa shape index (κ1) is 15.5. The van der Waals surface area contributed by atoms with Gasteiger partial charge in [-0.3, -0.25) is 0 Å². The van der Waals surface area contributed by atoms with Gasteiger partial charge in [-0.15, -0.1) is 11.3 Å². The van der Waals surface area contributed by atoms with Gasteiger partial charge >= 0.3 is 6.09 Å². The number of carbonyl (C=O) groups excluding carboxylic acids is 1. The molecule has 0 spiro atoms. The van der Waals surface area contributed by atoms with Crippen LogP contribution in [-0.4, -0.2) is 28.8 Å². The quantitative estimate of drug-likeness (QED) is 0.896. The fourth-order valence-electron chi connectivity index (χ4n) is 1.98. The minimum Gasteiger partial charge on any atom is -0.444 e. The Morgan fingerprint density at radius 1 is 1.50 bits per heavy atom. The first-order chi connectivity index (χ1) is 9.32. The molecule has 1 aromatic rings. The third-order valence-corrected chi connectivity index (χ3v) is 4.04. The fourth-order valence-corrected chi connectivity index (χ4v) is 2.89. The summed E-state index contributed by atoms with van der Waals surface area (Å²) in [6.45, 7) is 6.30. The predicted octanol–water partition coefficient (Wildman–Crippen LogP) is 2.94. The van der Waals surface area contributed by atoms with Crippen molar-refractivity contribution in [3.8, 4) is 0 Å². The monoisotopic (exact) mass is 317 g/mol. The largest absolute Gasteiger partial charge is 0.444 e. The molecule has 1 fully saturated rings. The number of nitrogens with one attached hydrogen (secondary N) is 2. The number of halogens is 1. The van der Waals surface area contributed by atoms with Gasteiger partial charge in [-0.1, -0.05) is 11.6 Å². The third kappa shape index (κ3) is 4.92. The summed E-state index contributed by atoms with van der Waals surface area (Å²) in [6, 6.07) is 0.611. The number of thiazole rings is 1. The molecule has 1 aromatic heterocycles. The Hall–Kier alpha value is -0.850. The summed E-state index contributed by atoms with van der Waals surface area (Å²) in [6.07, 6.45) is 3.15. The molecule has 0 saturated heterocycles. The van der Waals surface area contributed by atoms with Gasteiger partial charge in [-0.2, -0.15) is 0 Å². The van der Waals surface area contributed by atoms with Crippen LogP contribution in [0.3, 0.4) is 0 Å². The van der Waals surface area contributed by atoms with Gasteiger partial charge in [0.1, 0.15) is 14.9 Å². The Morgan fingerprint density at radius 2 is 2.20 bits per heavy atom. The van der Waals surface area contributed by atoms with E-state index in [9.17, 15) is 4.79 Å². The number of alkyl carbamates (subject to hydrolysis) is 1. The van der Waals surface area contributed by atoms with Crippen molar-refractivity contribution in [3.63, 3.8) is 0 Å². The number of aromatic nitrogens is 1. The van der Waals surface area contributed by atoms with Gasteiger partial charge in [0.05, 0.1) is 6.20 Å². The number of hydrogen-bond donors (Lipinski definition) is 2. The van der Waals surface area contributed by atoms with Crippen molar-refractivity contribution in [3.05, 3.63) is 15.5 Å². The molecule has 0 radical (unpaired) electrons. The third-order valence-electron chi connectivity index (χ3n) is 2.93. The predicted molar refractivity (Wildman–Crippen MR) is 80.1 cm³/mol. The number of nitrogens with zero attached hydrogens (tertiary/aromatic N) is 1. The lowest BCUT2D eigenvalue weighted by Gasteiger charge is -2.36. The van der Waals surface area contributed by atoms with Crippen LogP contribution in [0.5, 0.6) is 0 Å². The van der Waals surface area contributed by atoms with Crippen LogP contribution in [0.25, 0.3) is 0 Å². The van der Waals surface area contributed by atoms with Gasteiger partial charge in [-0.25, -0.2) is 9.78 Å². The second kappa shape index (κ2) is 6.28. The Kier molecular flexibility index (Phi) is 4.88. The highest BCUT2D eigenvalue weighted by Gasteiger charge is 2.31. The van der Waals surface area contributed by atoms with Crippen molar-refractivity contribution in [1.82, 2.24) is 15.6 Å². The SMILES string of the molecule is CC(C)(C)OC(=O)NC1CC(NCc2ncc(Cl)s2)C1. The van der Waals surface area contributed by atoms with Crippen LogP contribution < -0.4 is 10.6 Å². The molecular formula is C13H20ClN3O2S. The molecule has 2 N–H and O–H groups in total. The Labute approximate surface area is 128 Å². The molecule has 0 unspecified atom stereocenters. The summed E-state index contributed by atoms with van der Waals surface area (Å²) < 4.78 is 5.93. The highest BCUT2D eigenvalue weighted by atomic mass is 35.5. The van der Waals surface area contributed by atoms with E-state index in [1.165, 1.54) is 11.3 Å². The smallest absolute Gasteiger partial charge is 0.407 e. The average Bonchev–Trinajstić information content (AvgIpc) is 2.64. The summed E-state index contributed by atoms with van der Waals surface area (Å²) in [5.41, 5.74) is -0.449. The van der Waals surface area contributed by atoms with E-state index in [0.29, 0.717) is 10.4 Å². The zero-order valence-electron chi connectivity index (χ0n) is 11.9. The van der Waals surface area contributed by atoms with Crippen LogP contribution in [0.1, 0.15) is 38.6 Å². The summed E-state index contributed by atoms with van der Waals surface area (Å²) >= 11 is 7.31. The van der Waals surface area contributed by atoms with Gasteiger partial charge in [0, 0.05) is 18.6 Å². The molecule has 0 bridgehead atoms. The van der Waals surface area contributed by atoms with Crippen molar-refractivity contribution in [2.75, 3.05) is 0 Å². The normalized spacial score (nSPS) is 22.2. The van der Waals surface area contributed by atoms with Crippen LogP contribution in [0, 0.1) is 0 Å². The maximum absolute atomic E-state index is 11.6. The molecule has 7 heteroatoms. The van der Waals surface area contributed by atoms with Gasteiger partial charge in [0.15, 0.2) is 0 Å². The molecule has 1 heterocycles. The van der Waals surface area contributed by atoms with Crippen molar-refractivity contribution in [2.45, 2.75) is 57.8 Å². The lowest BCUT2D eigenvalue weighted by Crippen LogP contribution is -2.52. The fraction of sp³-hybridized carbons (Fsp3) is 0.692. The summed E-state index contributed by atoms with van der Waals surface area (Å²) in [4.78, 5) is 15.8. The van der Waals surface area contributed by atoms with Crippen LogP contribution in [0.15, 0.2) is 6.20 Å². The van der Waals surface area contributed by atoms with Crippen molar-refractivity contribution in [2.24, 2.45) is 0 Å². The molecule has 0 aliphatic heterocycles. The van der Waals surface area contributed by atoms with E-state index in [1.54, 1.807) is 6.20 Å². The number of amides is 1. The summed E-state index contributed by atoms with van der Waals surface area (Å²) in [5, 5.41) is 7.25. The topological polar surface area (TPSA) is 63.2 Å². The molecular weight excluding hydrogens is 298 g/mol. The lowest BCUT2D eigenvalue weighted by atomic mass is 9.87. The van der Waals surface area contributed by atoms with E-state index >= 15 is 0 Å². The summed E-state index contributed by atoms with van der Waals surface area (Å²) in [7, 11) is 0. The first-order valence-corrected chi connectivity index (χ1v) is 7.84. The molecule has 0 atom stereocenters. The Morgan fingerprint density at radius 3 is 2.75 bits per heavy atom. The molecule has 0 aromatic carbocycles. The van der Waals surface area contributed by atoms with Gasteiger partial charge in [0.25, 0.3) is 0 Å². The van der Waals surface area contributed by atoms with E-state index in [0.717, 1.165) is 24.4 Å². The number of hydrogen-bond acceptors (Lipinski definition) is 5. The van der Waals surface area contributed by atoms with Gasteiger partial charge in [0.2, 0.25) is 0 Å². The van der Waals surface area contributed by atoms with Gasteiger partial charge in [-0.05, 0) is 33.6 Å². The second-order valence-electron chi connectivity index (χ2n) is 5.95. The molecule has 1 aliphatic rings. The van der Waals surface area contributed by atoms with E-state index in [2.05, 4.69) is 15.6 Å². The Bertz CT molecular complexity index is 466. The molecule has 1 amide bonds. The maximum Gasteiger partial charge on any atom is 0.407 e.